The summed E-state index contributed by atoms with van der Waals surface area (Å²) >= 11 is 0. The molecule has 32 heavy (non-hydrogen) atoms. The van der Waals surface area contributed by atoms with Gasteiger partial charge in [-0.1, -0.05) is 34.6 Å². The summed E-state index contributed by atoms with van der Waals surface area (Å²) in [5.74, 6) is 0.395. The fourth-order valence-electron chi connectivity index (χ4n) is 3.94. The first-order valence-corrected chi connectivity index (χ1v) is 11.9. The summed E-state index contributed by atoms with van der Waals surface area (Å²) in [6.07, 6.45) is 1.38. The number of rotatable bonds is 18. The molecule has 0 amide bonds. The number of methoxy groups -OCH3 is 2. The monoisotopic (exact) mass is 457 g/mol. The van der Waals surface area contributed by atoms with Crippen molar-refractivity contribution in [1.29, 1.82) is 0 Å². The summed E-state index contributed by atoms with van der Waals surface area (Å²) in [5, 5.41) is 3.60. The molecule has 0 aliphatic carbocycles. The summed E-state index contributed by atoms with van der Waals surface area (Å²) in [5.41, 5.74) is -0.767. The molecule has 0 saturated heterocycles. The zero-order valence-electron chi connectivity index (χ0n) is 22.8. The Balaban J connectivity index is 4.69. The van der Waals surface area contributed by atoms with E-state index in [0.29, 0.717) is 25.9 Å². The van der Waals surface area contributed by atoms with E-state index in [4.69, 9.17) is 9.47 Å². The van der Waals surface area contributed by atoms with Gasteiger partial charge in [-0.25, -0.2) is 0 Å². The van der Waals surface area contributed by atoms with Crippen LogP contribution in [0.15, 0.2) is 0 Å². The van der Waals surface area contributed by atoms with Crippen LogP contribution in [0.25, 0.3) is 0 Å². The molecule has 1 atom stereocenters. The van der Waals surface area contributed by atoms with E-state index in [9.17, 15) is 9.59 Å². The molecule has 0 fully saturated rings. The number of ether oxygens (including phenoxy) is 2. The Morgan fingerprint density at radius 2 is 1.34 bits per heavy atom. The molecule has 1 unspecified atom stereocenters. The van der Waals surface area contributed by atoms with Crippen molar-refractivity contribution in [1.82, 2.24) is 15.1 Å². The summed E-state index contributed by atoms with van der Waals surface area (Å²) in [6, 6.07) is 0. The van der Waals surface area contributed by atoms with Gasteiger partial charge in [-0.15, -0.1) is 0 Å². The Bertz CT molecular complexity index is 576. The number of nitrogens with zero attached hydrogens (tertiary/aromatic N) is 2. The van der Waals surface area contributed by atoms with E-state index in [-0.39, 0.29) is 34.2 Å². The van der Waals surface area contributed by atoms with Crippen LogP contribution in [-0.4, -0.2) is 94.2 Å². The van der Waals surface area contributed by atoms with Crippen LogP contribution in [0, 0.1) is 10.8 Å². The SMILES string of the molecule is CCN(C)CC(=O)CC(C)(CC)CC(=O)CN(C)CCNC(C)(C)C(C)(C)C(OC)OC. The van der Waals surface area contributed by atoms with Crippen LogP contribution in [0.3, 0.4) is 0 Å². The Labute approximate surface area is 197 Å². The average molecular weight is 458 g/mol. The van der Waals surface area contributed by atoms with Gasteiger partial charge in [-0.3, -0.25) is 19.4 Å². The minimum Gasteiger partial charge on any atom is -0.355 e. The van der Waals surface area contributed by atoms with Crippen molar-refractivity contribution in [2.45, 2.75) is 79.6 Å². The summed E-state index contributed by atoms with van der Waals surface area (Å²) in [7, 11) is 7.23. The molecule has 190 valence electrons. The fraction of sp³-hybridized carbons (Fsp3) is 0.920. The van der Waals surface area contributed by atoms with E-state index < -0.39 is 0 Å². The average Bonchev–Trinajstić information content (AvgIpc) is 2.67. The number of likely N-dealkylation sites (N-methyl/N-ethyl adjacent to an activating group) is 2. The van der Waals surface area contributed by atoms with Crippen molar-refractivity contribution < 1.29 is 19.1 Å². The Kier molecular flexibility index (Phi) is 13.4. The second-order valence-electron chi connectivity index (χ2n) is 10.7. The van der Waals surface area contributed by atoms with Gasteiger partial charge in [0.05, 0.1) is 13.1 Å². The highest BCUT2D eigenvalue weighted by molar-refractivity contribution is 5.84. The van der Waals surface area contributed by atoms with Crippen molar-refractivity contribution in [2.75, 3.05) is 61.0 Å². The molecule has 7 nitrogen and oxygen atoms in total. The Morgan fingerprint density at radius 3 is 1.75 bits per heavy atom. The van der Waals surface area contributed by atoms with Gasteiger partial charge in [-0.2, -0.15) is 0 Å². The predicted octanol–water partition coefficient (Wildman–Crippen LogP) is 3.22. The normalized spacial score (nSPS) is 14.9. The lowest BCUT2D eigenvalue weighted by Gasteiger charge is -2.46. The van der Waals surface area contributed by atoms with Crippen LogP contribution in [0.5, 0.6) is 0 Å². The topological polar surface area (TPSA) is 71.1 Å². The number of hydrogen-bond donors (Lipinski definition) is 1. The summed E-state index contributed by atoms with van der Waals surface area (Å²) in [6.45, 7) is 17.9. The highest BCUT2D eigenvalue weighted by atomic mass is 16.7. The molecule has 0 heterocycles. The second kappa shape index (κ2) is 13.8. The number of carbonyl (C=O) groups is 2. The molecule has 0 bridgehead atoms. The van der Waals surface area contributed by atoms with Gasteiger partial charge >= 0.3 is 0 Å². The first-order chi connectivity index (χ1) is 14.7. The van der Waals surface area contributed by atoms with Gasteiger partial charge in [0.1, 0.15) is 11.6 Å². The third kappa shape index (κ3) is 9.96. The minimum atomic E-state index is -0.323. The van der Waals surface area contributed by atoms with Gasteiger partial charge in [0.2, 0.25) is 0 Å². The van der Waals surface area contributed by atoms with E-state index in [2.05, 4.69) is 46.9 Å². The summed E-state index contributed by atoms with van der Waals surface area (Å²) in [4.78, 5) is 29.2. The van der Waals surface area contributed by atoms with Crippen LogP contribution >= 0.6 is 0 Å². The molecule has 0 spiro atoms. The van der Waals surface area contributed by atoms with Crippen molar-refractivity contribution in [2.24, 2.45) is 10.8 Å². The quantitative estimate of drug-likeness (QED) is 0.317. The highest BCUT2D eigenvalue weighted by Crippen LogP contribution is 2.36. The van der Waals surface area contributed by atoms with Gasteiger partial charge < -0.3 is 14.8 Å². The van der Waals surface area contributed by atoms with E-state index in [1.807, 2.05) is 30.8 Å². The van der Waals surface area contributed by atoms with E-state index in [1.165, 1.54) is 0 Å². The Morgan fingerprint density at radius 1 is 0.875 bits per heavy atom. The van der Waals surface area contributed by atoms with Gasteiger partial charge in [0.25, 0.3) is 0 Å². The number of hydrogen-bond acceptors (Lipinski definition) is 7. The van der Waals surface area contributed by atoms with Crippen LogP contribution in [0.2, 0.25) is 0 Å². The lowest BCUT2D eigenvalue weighted by atomic mass is 9.73. The zero-order chi connectivity index (χ0) is 25.2. The number of nitrogens with one attached hydrogen (secondary N) is 1. The van der Waals surface area contributed by atoms with Crippen LogP contribution in [-0.2, 0) is 19.1 Å². The first kappa shape index (κ1) is 31.1. The number of carbonyl (C=O) groups excluding carboxylic acids is 2. The molecule has 0 aliphatic rings. The van der Waals surface area contributed by atoms with E-state index in [1.54, 1.807) is 14.2 Å². The van der Waals surface area contributed by atoms with Crippen LogP contribution in [0.4, 0.5) is 0 Å². The molecule has 1 N–H and O–H groups in total. The summed E-state index contributed by atoms with van der Waals surface area (Å²) < 4.78 is 11.0. The molecule has 0 aromatic carbocycles. The molecule has 0 aromatic heterocycles. The van der Waals surface area contributed by atoms with E-state index >= 15 is 0 Å². The second-order valence-corrected chi connectivity index (χ2v) is 10.7. The molecule has 7 heteroatoms. The maximum atomic E-state index is 12.8. The number of Topliss-reactive ketones (excluding diaryl/α,β-unsaturated/α-hetero) is 2. The molecule has 0 rings (SSSR count). The highest BCUT2D eigenvalue weighted by Gasteiger charge is 2.43. The standard InChI is InChI=1S/C25H51N3O4/c1-12-25(7,16-20(29)18-27(8)13-2)17-21(30)19-28(9)15-14-26-24(5,6)23(3,4)22(31-10)32-11/h22,26H,12-19H2,1-11H3. The zero-order valence-corrected chi connectivity index (χ0v) is 22.8. The molecular weight excluding hydrogens is 406 g/mol. The lowest BCUT2D eigenvalue weighted by molar-refractivity contribution is -0.188. The Hall–Kier alpha value is -0.860. The lowest BCUT2D eigenvalue weighted by Crippen LogP contribution is -2.58. The van der Waals surface area contributed by atoms with Crippen LogP contribution in [0.1, 0.15) is 67.7 Å². The molecule has 0 radical (unpaired) electrons. The van der Waals surface area contributed by atoms with Crippen molar-refractivity contribution >= 4 is 11.6 Å². The van der Waals surface area contributed by atoms with Gasteiger partial charge in [-0.05, 0) is 46.3 Å². The molecule has 0 saturated carbocycles. The molecule has 0 aliphatic heterocycles. The van der Waals surface area contributed by atoms with Gasteiger partial charge in [0.15, 0.2) is 6.29 Å². The van der Waals surface area contributed by atoms with Gasteiger partial charge in [0, 0.05) is 51.1 Å². The third-order valence-corrected chi connectivity index (χ3v) is 7.22. The van der Waals surface area contributed by atoms with Crippen molar-refractivity contribution in [3.63, 3.8) is 0 Å². The molecule has 0 aromatic rings. The number of ketones is 2. The third-order valence-electron chi connectivity index (χ3n) is 7.22. The van der Waals surface area contributed by atoms with E-state index in [0.717, 1.165) is 26.1 Å². The van der Waals surface area contributed by atoms with Crippen molar-refractivity contribution in [3.05, 3.63) is 0 Å². The first-order valence-electron chi connectivity index (χ1n) is 11.9. The smallest absolute Gasteiger partial charge is 0.163 e. The molecular formula is C25H51N3O4. The fourth-order valence-corrected chi connectivity index (χ4v) is 3.94. The maximum absolute atomic E-state index is 12.8. The maximum Gasteiger partial charge on any atom is 0.163 e. The van der Waals surface area contributed by atoms with Crippen molar-refractivity contribution in [3.8, 4) is 0 Å². The van der Waals surface area contributed by atoms with Crippen LogP contribution < -0.4 is 5.32 Å². The largest absolute Gasteiger partial charge is 0.355 e. The predicted molar refractivity (Wildman–Crippen MR) is 132 cm³/mol. The minimum absolute atomic E-state index is 0.187.